The Hall–Kier alpha value is -2.93. The second-order valence-electron chi connectivity index (χ2n) is 6.66. The minimum absolute atomic E-state index is 0.273. The number of H-pyrrole nitrogens is 1. The third kappa shape index (κ3) is 2.66. The van der Waals surface area contributed by atoms with Crippen LogP contribution in [0.2, 0.25) is 5.02 Å². The fourth-order valence-corrected chi connectivity index (χ4v) is 3.92. The van der Waals surface area contributed by atoms with Gasteiger partial charge in [-0.1, -0.05) is 29.8 Å². The molecule has 1 aromatic carbocycles. The lowest BCUT2D eigenvalue weighted by Gasteiger charge is -2.19. The van der Waals surface area contributed by atoms with E-state index in [1.54, 1.807) is 4.57 Å². The van der Waals surface area contributed by atoms with Crippen molar-refractivity contribution < 1.29 is 0 Å². The van der Waals surface area contributed by atoms with Gasteiger partial charge in [0, 0.05) is 18.7 Å². The third-order valence-electron chi connectivity index (χ3n) is 5.00. The molecule has 1 N–H and O–H groups in total. The molecule has 5 rings (SSSR count). The van der Waals surface area contributed by atoms with Crippen LogP contribution in [0.4, 0.5) is 5.82 Å². The van der Waals surface area contributed by atoms with Crippen molar-refractivity contribution in [2.24, 2.45) is 4.99 Å². The smallest absolute Gasteiger partial charge is 0.348 e. The van der Waals surface area contributed by atoms with Gasteiger partial charge >= 0.3 is 5.69 Å². The number of pyridine rings is 1. The van der Waals surface area contributed by atoms with E-state index < -0.39 is 0 Å². The first kappa shape index (κ1) is 16.3. The Labute approximate surface area is 160 Å². The summed E-state index contributed by atoms with van der Waals surface area (Å²) in [5.74, 6) is 1.45. The lowest BCUT2D eigenvalue weighted by atomic mass is 10.1. The van der Waals surface area contributed by atoms with E-state index in [1.165, 1.54) is 0 Å². The highest BCUT2D eigenvalue weighted by atomic mass is 35.5. The van der Waals surface area contributed by atoms with E-state index in [0.717, 1.165) is 37.3 Å². The second-order valence-corrected chi connectivity index (χ2v) is 7.06. The fraction of sp³-hybridized carbons (Fsp3) is 0.263. The van der Waals surface area contributed by atoms with Crippen LogP contribution in [0.25, 0.3) is 5.69 Å². The summed E-state index contributed by atoms with van der Waals surface area (Å²) in [5.41, 5.74) is 2.51. The summed E-state index contributed by atoms with van der Waals surface area (Å²) in [7, 11) is 0. The number of hydrogen-bond donors (Lipinski definition) is 1. The Balaban J connectivity index is 1.75. The summed E-state index contributed by atoms with van der Waals surface area (Å²) in [6.07, 6.45) is 2.32. The molecule has 27 heavy (non-hydrogen) atoms. The molecule has 0 saturated carbocycles. The predicted octanol–water partition coefficient (Wildman–Crippen LogP) is 2.56. The Morgan fingerprint density at radius 1 is 1.07 bits per heavy atom. The van der Waals surface area contributed by atoms with E-state index in [1.807, 2.05) is 36.4 Å². The molecule has 0 amide bonds. The number of hydrogen-bond acceptors (Lipinski definition) is 5. The lowest BCUT2D eigenvalue weighted by Crippen LogP contribution is -2.23. The number of nitrogens with one attached hydrogen (secondary N) is 1. The van der Waals surface area contributed by atoms with E-state index in [9.17, 15) is 4.79 Å². The number of aromatic amines is 1. The van der Waals surface area contributed by atoms with Gasteiger partial charge in [0.05, 0.1) is 16.4 Å². The summed E-state index contributed by atoms with van der Waals surface area (Å²) in [4.78, 5) is 24.3. The molecule has 1 fully saturated rings. The largest absolute Gasteiger partial charge is 0.357 e. The van der Waals surface area contributed by atoms with E-state index in [2.05, 4.69) is 15.1 Å². The van der Waals surface area contributed by atoms with Crippen molar-refractivity contribution in [1.82, 2.24) is 19.7 Å². The summed E-state index contributed by atoms with van der Waals surface area (Å²) in [5, 5.41) is 7.22. The number of rotatable bonds is 2. The zero-order valence-electron chi connectivity index (χ0n) is 14.5. The van der Waals surface area contributed by atoms with Crippen LogP contribution in [0, 0.1) is 0 Å². The first-order valence-electron chi connectivity index (χ1n) is 8.95. The average molecular weight is 381 g/mol. The molecule has 0 radical (unpaired) electrons. The monoisotopic (exact) mass is 380 g/mol. The van der Waals surface area contributed by atoms with Crippen molar-refractivity contribution in [3.8, 4) is 5.69 Å². The third-order valence-corrected chi connectivity index (χ3v) is 5.33. The quantitative estimate of drug-likeness (QED) is 0.741. The molecule has 0 atom stereocenters. The first-order chi connectivity index (χ1) is 13.2. The number of benzene rings is 1. The molecule has 2 aromatic heterocycles. The molecule has 3 aromatic rings. The summed E-state index contributed by atoms with van der Waals surface area (Å²) in [6.45, 7) is 2.25. The van der Waals surface area contributed by atoms with Gasteiger partial charge in [0.2, 0.25) is 0 Å². The predicted molar refractivity (Wildman–Crippen MR) is 104 cm³/mol. The number of halogens is 1. The minimum Gasteiger partial charge on any atom is -0.357 e. The summed E-state index contributed by atoms with van der Waals surface area (Å²) >= 11 is 6.45. The number of aromatic nitrogens is 4. The van der Waals surface area contributed by atoms with Crippen molar-refractivity contribution >= 4 is 23.1 Å². The molecule has 0 bridgehead atoms. The Morgan fingerprint density at radius 3 is 2.70 bits per heavy atom. The maximum Gasteiger partial charge on any atom is 0.348 e. The zero-order valence-corrected chi connectivity index (χ0v) is 15.3. The Morgan fingerprint density at radius 2 is 1.89 bits per heavy atom. The van der Waals surface area contributed by atoms with Crippen molar-refractivity contribution in [3.05, 3.63) is 69.0 Å². The maximum absolute atomic E-state index is 12.4. The molecule has 0 aliphatic carbocycles. The summed E-state index contributed by atoms with van der Waals surface area (Å²) < 4.78 is 1.55. The number of anilines is 1. The number of nitrogens with zero attached hydrogens (tertiary/aromatic N) is 5. The van der Waals surface area contributed by atoms with Crippen LogP contribution in [0.5, 0.6) is 0 Å². The van der Waals surface area contributed by atoms with Crippen LogP contribution in [0.15, 0.2) is 46.2 Å². The molecule has 1 saturated heterocycles. The van der Waals surface area contributed by atoms with Gasteiger partial charge in [-0.2, -0.15) is 5.10 Å². The molecule has 7 nitrogen and oxygen atoms in total. The average Bonchev–Trinajstić information content (AvgIpc) is 3.30. The van der Waals surface area contributed by atoms with Gasteiger partial charge in [0.15, 0.2) is 5.82 Å². The molecular weight excluding hydrogens is 364 g/mol. The van der Waals surface area contributed by atoms with Crippen LogP contribution in [-0.4, -0.2) is 38.5 Å². The molecule has 2 aliphatic heterocycles. The van der Waals surface area contributed by atoms with Crippen LogP contribution < -0.4 is 10.6 Å². The molecule has 8 heteroatoms. The lowest BCUT2D eigenvalue weighted by molar-refractivity contribution is 0.858. The van der Waals surface area contributed by atoms with E-state index in [4.69, 9.17) is 21.6 Å². The minimum atomic E-state index is -0.294. The number of fused-ring (bicyclic) bond motifs is 3. The van der Waals surface area contributed by atoms with E-state index in [-0.39, 0.29) is 12.2 Å². The molecule has 2 aliphatic rings. The molecule has 136 valence electrons. The molecule has 0 spiro atoms. The SMILES string of the molecule is O=c1[nH]nc2n1-c1ccc(N3CCCC3)nc1C(c1ccccc1Cl)=NC2. The molecule has 4 heterocycles. The van der Waals surface area contributed by atoms with Gasteiger partial charge in [-0.05, 0) is 31.0 Å². The van der Waals surface area contributed by atoms with E-state index >= 15 is 0 Å². The second kappa shape index (κ2) is 6.35. The highest BCUT2D eigenvalue weighted by molar-refractivity contribution is 6.35. The van der Waals surface area contributed by atoms with Gasteiger partial charge < -0.3 is 4.90 Å². The summed E-state index contributed by atoms with van der Waals surface area (Å²) in [6, 6.07) is 11.4. The van der Waals surface area contributed by atoms with Crippen LogP contribution >= 0.6 is 11.6 Å². The van der Waals surface area contributed by atoms with Gasteiger partial charge in [0.1, 0.15) is 18.1 Å². The molecule has 0 unspecified atom stereocenters. The zero-order chi connectivity index (χ0) is 18.4. The van der Waals surface area contributed by atoms with Crippen LogP contribution in [-0.2, 0) is 6.54 Å². The van der Waals surface area contributed by atoms with Crippen molar-refractivity contribution in [3.63, 3.8) is 0 Å². The molecular formula is C19H17ClN6O. The van der Waals surface area contributed by atoms with Crippen LogP contribution in [0.3, 0.4) is 0 Å². The van der Waals surface area contributed by atoms with Crippen molar-refractivity contribution in [1.29, 1.82) is 0 Å². The van der Waals surface area contributed by atoms with Gasteiger partial charge in [-0.3, -0.25) is 4.99 Å². The normalized spacial score (nSPS) is 15.9. The van der Waals surface area contributed by atoms with Crippen molar-refractivity contribution in [2.75, 3.05) is 18.0 Å². The first-order valence-corrected chi connectivity index (χ1v) is 9.32. The van der Waals surface area contributed by atoms with Gasteiger partial charge in [0.25, 0.3) is 0 Å². The van der Waals surface area contributed by atoms with E-state index in [0.29, 0.717) is 27.9 Å². The Kier molecular flexibility index (Phi) is 3.82. The van der Waals surface area contributed by atoms with Crippen molar-refractivity contribution in [2.45, 2.75) is 19.4 Å². The van der Waals surface area contributed by atoms with Gasteiger partial charge in [-0.15, -0.1) is 0 Å². The fourth-order valence-electron chi connectivity index (χ4n) is 3.69. The highest BCUT2D eigenvalue weighted by Gasteiger charge is 2.25. The standard InChI is InChI=1S/C19H17ClN6O/c20-13-6-2-1-5-12(13)17-18-14(26-16(11-21-17)23-24-19(26)27)7-8-15(22-18)25-9-3-4-10-25/h1-2,5-8H,3-4,9-11H2,(H,24,27). The maximum atomic E-state index is 12.4. The van der Waals surface area contributed by atoms with Crippen LogP contribution in [0.1, 0.15) is 29.9 Å². The Bertz CT molecular complexity index is 1110. The topological polar surface area (TPSA) is 79.2 Å². The number of aliphatic imine (C=N–C) groups is 1. The van der Waals surface area contributed by atoms with Gasteiger partial charge in [-0.25, -0.2) is 19.4 Å². The highest BCUT2D eigenvalue weighted by Crippen LogP contribution is 2.28.